The largest absolute Gasteiger partial charge is 0.439 e. The first-order valence-electron chi connectivity index (χ1n) is 9.63. The van der Waals surface area contributed by atoms with Crippen molar-refractivity contribution in [1.29, 1.82) is 0 Å². The van der Waals surface area contributed by atoms with Crippen LogP contribution in [-0.4, -0.2) is 59.1 Å². The maximum absolute atomic E-state index is 12.9. The van der Waals surface area contributed by atoms with Crippen LogP contribution in [0.3, 0.4) is 0 Å². The minimum absolute atomic E-state index is 0.0287. The molecule has 0 spiro atoms. The predicted octanol–water partition coefficient (Wildman–Crippen LogP) is 2.96. The molecule has 1 saturated heterocycles. The minimum atomic E-state index is -0.133. The second-order valence-corrected chi connectivity index (χ2v) is 7.75. The molecule has 8 nitrogen and oxygen atoms in total. The Labute approximate surface area is 168 Å². The number of amides is 4. The van der Waals surface area contributed by atoms with Crippen LogP contribution in [0.1, 0.15) is 31.6 Å². The molecule has 2 heterocycles. The molecule has 4 amide bonds. The number of likely N-dealkylation sites (tertiary alicyclic amines) is 1. The third-order valence-corrected chi connectivity index (χ3v) is 5.49. The van der Waals surface area contributed by atoms with E-state index in [0.29, 0.717) is 28.6 Å². The third kappa shape index (κ3) is 4.01. The van der Waals surface area contributed by atoms with E-state index in [2.05, 4.69) is 15.6 Å². The molecule has 1 aliphatic carbocycles. The number of hydrogen-bond donors (Lipinski definition) is 2. The molecule has 1 aliphatic heterocycles. The number of carbonyl (C=O) groups excluding carboxylic acids is 2. The van der Waals surface area contributed by atoms with Gasteiger partial charge in [0.1, 0.15) is 5.52 Å². The van der Waals surface area contributed by atoms with Crippen LogP contribution in [0.2, 0.25) is 5.02 Å². The number of oxazole rings is 1. The van der Waals surface area contributed by atoms with E-state index in [0.717, 1.165) is 32.2 Å². The lowest BCUT2D eigenvalue weighted by atomic mass is 10.0. The van der Waals surface area contributed by atoms with Gasteiger partial charge in [-0.2, -0.15) is 0 Å². The Bertz CT molecular complexity index is 882. The van der Waals surface area contributed by atoms with Crippen molar-refractivity contribution in [2.75, 3.05) is 20.1 Å². The van der Waals surface area contributed by atoms with Crippen LogP contribution >= 0.6 is 11.6 Å². The topological polar surface area (TPSA) is 90.7 Å². The minimum Gasteiger partial charge on any atom is -0.439 e. The SMILES string of the molecule is CNC(=O)N1CCC[C@@H](N(C(=O)NCc2nc3cc(Cl)ccc3o2)C2CC2)C1. The Kier molecular flexibility index (Phi) is 5.30. The average molecular weight is 406 g/mol. The number of rotatable bonds is 4. The molecule has 0 bridgehead atoms. The average Bonchev–Trinajstić information content (AvgIpc) is 3.44. The van der Waals surface area contributed by atoms with Gasteiger partial charge in [0.05, 0.1) is 12.6 Å². The summed E-state index contributed by atoms with van der Waals surface area (Å²) in [6.07, 6.45) is 3.80. The first kappa shape index (κ1) is 18.9. The molecule has 150 valence electrons. The maximum atomic E-state index is 12.9. The van der Waals surface area contributed by atoms with Crippen molar-refractivity contribution < 1.29 is 14.0 Å². The Morgan fingerprint density at radius 2 is 2.14 bits per heavy atom. The fourth-order valence-electron chi connectivity index (χ4n) is 3.77. The zero-order valence-electron chi connectivity index (χ0n) is 15.8. The second kappa shape index (κ2) is 7.87. The maximum Gasteiger partial charge on any atom is 0.318 e. The van der Waals surface area contributed by atoms with E-state index in [1.165, 1.54) is 0 Å². The highest BCUT2D eigenvalue weighted by atomic mass is 35.5. The second-order valence-electron chi connectivity index (χ2n) is 7.31. The standard InChI is InChI=1S/C19H24ClN5O3/c1-21-18(26)24-8-2-3-14(11-24)25(13-5-6-13)19(27)22-10-17-23-15-9-12(20)4-7-16(15)28-17/h4,7,9,13-14H,2-3,5-6,8,10-11H2,1H3,(H,21,26)(H,22,27)/t14-/m1/s1. The lowest BCUT2D eigenvalue weighted by Crippen LogP contribution is -2.56. The molecule has 2 aromatic rings. The van der Waals surface area contributed by atoms with Gasteiger partial charge in [-0.3, -0.25) is 0 Å². The summed E-state index contributed by atoms with van der Waals surface area (Å²) in [6, 6.07) is 5.29. The number of fused-ring (bicyclic) bond motifs is 1. The fraction of sp³-hybridized carbons (Fsp3) is 0.526. The number of aromatic nitrogens is 1. The van der Waals surface area contributed by atoms with Crippen molar-refractivity contribution in [3.63, 3.8) is 0 Å². The summed E-state index contributed by atoms with van der Waals surface area (Å²) >= 11 is 5.98. The highest BCUT2D eigenvalue weighted by molar-refractivity contribution is 6.31. The molecule has 2 fully saturated rings. The van der Waals surface area contributed by atoms with Crippen molar-refractivity contribution in [2.24, 2.45) is 0 Å². The smallest absolute Gasteiger partial charge is 0.318 e. The zero-order valence-corrected chi connectivity index (χ0v) is 16.5. The van der Waals surface area contributed by atoms with Gasteiger partial charge in [0, 0.05) is 31.2 Å². The van der Waals surface area contributed by atoms with Gasteiger partial charge in [0.25, 0.3) is 0 Å². The number of carbonyl (C=O) groups is 2. The molecule has 4 rings (SSSR count). The Morgan fingerprint density at radius 1 is 1.32 bits per heavy atom. The summed E-state index contributed by atoms with van der Waals surface area (Å²) in [7, 11) is 1.63. The van der Waals surface area contributed by atoms with E-state index in [4.69, 9.17) is 16.0 Å². The molecule has 2 N–H and O–H groups in total. The summed E-state index contributed by atoms with van der Waals surface area (Å²) in [5, 5.41) is 6.19. The Hall–Kier alpha value is -2.48. The van der Waals surface area contributed by atoms with E-state index in [1.54, 1.807) is 30.1 Å². The van der Waals surface area contributed by atoms with E-state index < -0.39 is 0 Å². The van der Waals surface area contributed by atoms with Crippen LogP contribution in [0.4, 0.5) is 9.59 Å². The molecule has 0 unspecified atom stereocenters. The first-order valence-corrected chi connectivity index (χ1v) is 10.0. The monoisotopic (exact) mass is 405 g/mol. The molecule has 0 radical (unpaired) electrons. The summed E-state index contributed by atoms with van der Waals surface area (Å²) in [5.41, 5.74) is 1.31. The number of urea groups is 2. The third-order valence-electron chi connectivity index (χ3n) is 5.25. The number of nitrogens with one attached hydrogen (secondary N) is 2. The van der Waals surface area contributed by atoms with Crippen LogP contribution in [0.5, 0.6) is 0 Å². The summed E-state index contributed by atoms with van der Waals surface area (Å²) < 4.78 is 5.67. The van der Waals surface area contributed by atoms with Crippen LogP contribution in [0.15, 0.2) is 22.6 Å². The highest BCUT2D eigenvalue weighted by Crippen LogP contribution is 2.31. The van der Waals surface area contributed by atoms with E-state index in [1.807, 2.05) is 4.90 Å². The molecule has 28 heavy (non-hydrogen) atoms. The Balaban J connectivity index is 1.41. The van der Waals surface area contributed by atoms with E-state index in [9.17, 15) is 9.59 Å². The lowest BCUT2D eigenvalue weighted by molar-refractivity contribution is 0.115. The van der Waals surface area contributed by atoms with Crippen molar-refractivity contribution in [3.8, 4) is 0 Å². The lowest BCUT2D eigenvalue weighted by Gasteiger charge is -2.39. The van der Waals surface area contributed by atoms with Crippen LogP contribution in [0, 0.1) is 0 Å². The summed E-state index contributed by atoms with van der Waals surface area (Å²) in [6.45, 7) is 1.49. The van der Waals surface area contributed by atoms with E-state index in [-0.39, 0.29) is 30.7 Å². The van der Waals surface area contributed by atoms with Crippen LogP contribution in [0.25, 0.3) is 11.1 Å². The van der Waals surface area contributed by atoms with Gasteiger partial charge in [-0.05, 0) is 43.9 Å². The van der Waals surface area contributed by atoms with Gasteiger partial charge in [-0.15, -0.1) is 0 Å². The number of piperidine rings is 1. The van der Waals surface area contributed by atoms with Gasteiger partial charge in [-0.25, -0.2) is 14.6 Å². The highest BCUT2D eigenvalue weighted by Gasteiger charge is 2.39. The molecule has 9 heteroatoms. The number of hydrogen-bond acceptors (Lipinski definition) is 4. The molecular weight excluding hydrogens is 382 g/mol. The predicted molar refractivity (Wildman–Crippen MR) is 105 cm³/mol. The van der Waals surface area contributed by atoms with Gasteiger partial charge in [-0.1, -0.05) is 11.6 Å². The normalized spacial score (nSPS) is 19.5. The van der Waals surface area contributed by atoms with Crippen LogP contribution < -0.4 is 10.6 Å². The van der Waals surface area contributed by atoms with Gasteiger partial charge >= 0.3 is 12.1 Å². The molecule has 1 atom stereocenters. The van der Waals surface area contributed by atoms with E-state index >= 15 is 0 Å². The zero-order chi connectivity index (χ0) is 19.7. The quantitative estimate of drug-likeness (QED) is 0.818. The fourth-order valence-corrected chi connectivity index (χ4v) is 3.94. The summed E-state index contributed by atoms with van der Waals surface area (Å²) in [5.74, 6) is 0.442. The Morgan fingerprint density at radius 3 is 2.89 bits per heavy atom. The summed E-state index contributed by atoms with van der Waals surface area (Å²) in [4.78, 5) is 33.0. The van der Waals surface area contributed by atoms with Crippen molar-refractivity contribution in [3.05, 3.63) is 29.1 Å². The molecular formula is C19H24ClN5O3. The van der Waals surface area contributed by atoms with Crippen molar-refractivity contribution >= 4 is 34.8 Å². The first-order chi connectivity index (χ1) is 13.5. The van der Waals surface area contributed by atoms with Gasteiger partial charge in [0.15, 0.2) is 5.58 Å². The number of benzene rings is 1. The van der Waals surface area contributed by atoms with Gasteiger partial charge < -0.3 is 24.9 Å². The molecule has 1 saturated carbocycles. The van der Waals surface area contributed by atoms with Gasteiger partial charge in [0.2, 0.25) is 5.89 Å². The van der Waals surface area contributed by atoms with Crippen molar-refractivity contribution in [1.82, 2.24) is 25.4 Å². The van der Waals surface area contributed by atoms with Crippen molar-refractivity contribution in [2.45, 2.75) is 44.3 Å². The number of halogens is 1. The molecule has 1 aromatic heterocycles. The molecule has 2 aliphatic rings. The van der Waals surface area contributed by atoms with Crippen LogP contribution in [-0.2, 0) is 6.54 Å². The number of nitrogens with zero attached hydrogens (tertiary/aromatic N) is 3. The molecule has 1 aromatic carbocycles.